The average molecular weight is 359 g/mol. The molecule has 0 atom stereocenters. The second-order valence-electron chi connectivity index (χ2n) is 7.56. The third-order valence-corrected chi connectivity index (χ3v) is 5.34. The van der Waals surface area contributed by atoms with Gasteiger partial charge in [-0.2, -0.15) is 0 Å². The van der Waals surface area contributed by atoms with Crippen LogP contribution in [0.25, 0.3) is 0 Å². The van der Waals surface area contributed by atoms with Gasteiger partial charge in [0.15, 0.2) is 5.96 Å². The lowest BCUT2D eigenvalue weighted by Crippen LogP contribution is -2.41. The number of likely N-dealkylation sites (N-methyl/N-ethyl adjacent to an activating group) is 1. The number of ether oxygens (including phenoxy) is 1. The Hall–Kier alpha value is -1.59. The SMILES string of the molecule is CN=C(NCCCN1CCc2ccccc2C1)N(C)CCOCC1CC1. The number of fused-ring (bicyclic) bond motifs is 1. The predicted molar refractivity (Wildman–Crippen MR) is 108 cm³/mol. The van der Waals surface area contributed by atoms with Crippen LogP contribution in [-0.4, -0.2) is 69.2 Å². The van der Waals surface area contributed by atoms with Gasteiger partial charge < -0.3 is 15.0 Å². The van der Waals surface area contributed by atoms with Gasteiger partial charge in [-0.3, -0.25) is 9.89 Å². The van der Waals surface area contributed by atoms with Gasteiger partial charge in [-0.1, -0.05) is 24.3 Å². The normalized spacial score (nSPS) is 17.8. The van der Waals surface area contributed by atoms with Crippen LogP contribution >= 0.6 is 0 Å². The summed E-state index contributed by atoms with van der Waals surface area (Å²) in [5.74, 6) is 1.79. The second kappa shape index (κ2) is 9.93. The van der Waals surface area contributed by atoms with Gasteiger partial charge in [0.2, 0.25) is 0 Å². The fraction of sp³-hybridized carbons (Fsp3) is 0.667. The second-order valence-corrected chi connectivity index (χ2v) is 7.56. The van der Waals surface area contributed by atoms with Crippen LogP contribution < -0.4 is 5.32 Å². The van der Waals surface area contributed by atoms with Gasteiger partial charge in [0.25, 0.3) is 0 Å². The summed E-state index contributed by atoms with van der Waals surface area (Å²) in [7, 11) is 3.93. The van der Waals surface area contributed by atoms with Crippen LogP contribution in [0.3, 0.4) is 0 Å². The maximum atomic E-state index is 5.73. The quantitative estimate of drug-likeness (QED) is 0.418. The van der Waals surface area contributed by atoms with E-state index in [1.54, 1.807) is 0 Å². The van der Waals surface area contributed by atoms with Gasteiger partial charge in [0, 0.05) is 53.4 Å². The molecule has 1 aliphatic heterocycles. The number of hydrogen-bond donors (Lipinski definition) is 1. The highest BCUT2D eigenvalue weighted by molar-refractivity contribution is 5.79. The van der Waals surface area contributed by atoms with Gasteiger partial charge in [-0.15, -0.1) is 0 Å². The van der Waals surface area contributed by atoms with Gasteiger partial charge in [0.1, 0.15) is 0 Å². The fourth-order valence-electron chi connectivity index (χ4n) is 3.47. The van der Waals surface area contributed by atoms with Crippen molar-refractivity contribution in [1.82, 2.24) is 15.1 Å². The molecule has 0 aromatic heterocycles. The molecule has 5 heteroatoms. The number of benzene rings is 1. The first-order chi connectivity index (χ1) is 12.8. The predicted octanol–water partition coefficient (Wildman–Crippen LogP) is 2.37. The van der Waals surface area contributed by atoms with Crippen LogP contribution in [0.15, 0.2) is 29.3 Å². The smallest absolute Gasteiger partial charge is 0.193 e. The average Bonchev–Trinajstić information content (AvgIpc) is 3.49. The highest BCUT2D eigenvalue weighted by Crippen LogP contribution is 2.28. The molecule has 5 nitrogen and oxygen atoms in total. The van der Waals surface area contributed by atoms with E-state index >= 15 is 0 Å². The molecule has 1 heterocycles. The summed E-state index contributed by atoms with van der Waals surface area (Å²) in [6.07, 6.45) is 5.01. The number of nitrogens with one attached hydrogen (secondary N) is 1. The van der Waals surface area contributed by atoms with E-state index in [2.05, 4.69) is 51.4 Å². The Bertz CT molecular complexity index is 585. The molecule has 2 aliphatic rings. The zero-order chi connectivity index (χ0) is 18.2. The van der Waals surface area contributed by atoms with E-state index in [9.17, 15) is 0 Å². The Morgan fingerprint density at radius 2 is 2.12 bits per heavy atom. The van der Waals surface area contributed by atoms with Crippen molar-refractivity contribution in [2.45, 2.75) is 32.2 Å². The Balaban J connectivity index is 1.29. The van der Waals surface area contributed by atoms with Crippen LogP contribution in [0, 0.1) is 5.92 Å². The molecule has 144 valence electrons. The van der Waals surface area contributed by atoms with Crippen molar-refractivity contribution in [2.75, 3.05) is 53.5 Å². The first kappa shape index (κ1) is 19.2. The van der Waals surface area contributed by atoms with E-state index in [1.807, 2.05) is 7.05 Å². The molecule has 3 rings (SSSR count). The highest BCUT2D eigenvalue weighted by atomic mass is 16.5. The van der Waals surface area contributed by atoms with Crippen LogP contribution in [0.1, 0.15) is 30.4 Å². The summed E-state index contributed by atoms with van der Waals surface area (Å²) >= 11 is 0. The maximum absolute atomic E-state index is 5.73. The lowest BCUT2D eigenvalue weighted by atomic mass is 10.00. The van der Waals surface area contributed by atoms with Crippen LogP contribution in [0.5, 0.6) is 0 Å². The van der Waals surface area contributed by atoms with E-state index in [4.69, 9.17) is 4.74 Å². The molecule has 1 saturated carbocycles. The zero-order valence-electron chi connectivity index (χ0n) is 16.4. The first-order valence-electron chi connectivity index (χ1n) is 10.0. The topological polar surface area (TPSA) is 40.1 Å². The standard InChI is InChI=1S/C21H34N4O/c1-22-21(24(2)14-15-26-17-18-8-9-18)23-11-5-12-25-13-10-19-6-3-4-7-20(19)16-25/h3-4,6-7,18H,5,8-17H2,1-2H3,(H,22,23). The van der Waals surface area contributed by atoms with Crippen molar-refractivity contribution in [3.63, 3.8) is 0 Å². The van der Waals surface area contributed by atoms with Crippen molar-refractivity contribution in [1.29, 1.82) is 0 Å². The Morgan fingerprint density at radius 3 is 2.88 bits per heavy atom. The number of aliphatic imine (C=N–C) groups is 1. The molecule has 1 aromatic carbocycles. The lowest BCUT2D eigenvalue weighted by Gasteiger charge is -2.29. The van der Waals surface area contributed by atoms with Gasteiger partial charge >= 0.3 is 0 Å². The summed E-state index contributed by atoms with van der Waals surface area (Å²) in [4.78, 5) is 9.11. The summed E-state index contributed by atoms with van der Waals surface area (Å²) < 4.78 is 5.73. The maximum Gasteiger partial charge on any atom is 0.193 e. The summed E-state index contributed by atoms with van der Waals surface area (Å²) in [6, 6.07) is 8.83. The molecular formula is C21H34N4O. The van der Waals surface area contributed by atoms with Crippen molar-refractivity contribution < 1.29 is 4.74 Å². The molecule has 1 aliphatic carbocycles. The minimum atomic E-state index is 0.779. The molecular weight excluding hydrogens is 324 g/mol. The van der Waals surface area contributed by atoms with Crippen molar-refractivity contribution in [3.8, 4) is 0 Å². The van der Waals surface area contributed by atoms with Gasteiger partial charge in [-0.05, 0) is 42.7 Å². The molecule has 0 spiro atoms. The van der Waals surface area contributed by atoms with E-state index < -0.39 is 0 Å². The molecule has 26 heavy (non-hydrogen) atoms. The molecule has 1 N–H and O–H groups in total. The van der Waals surface area contributed by atoms with E-state index in [0.717, 1.165) is 57.7 Å². The summed E-state index contributed by atoms with van der Waals surface area (Å²) in [6.45, 7) is 6.94. The Morgan fingerprint density at radius 1 is 1.31 bits per heavy atom. The van der Waals surface area contributed by atoms with Crippen molar-refractivity contribution >= 4 is 5.96 Å². The first-order valence-corrected chi connectivity index (χ1v) is 10.0. The van der Waals surface area contributed by atoms with E-state index in [-0.39, 0.29) is 0 Å². The number of hydrogen-bond acceptors (Lipinski definition) is 3. The minimum absolute atomic E-state index is 0.779. The largest absolute Gasteiger partial charge is 0.379 e. The highest BCUT2D eigenvalue weighted by Gasteiger charge is 2.21. The van der Waals surface area contributed by atoms with E-state index in [0.29, 0.717) is 0 Å². The third kappa shape index (κ3) is 5.99. The Labute approximate surface area is 158 Å². The molecule has 1 aromatic rings. The van der Waals surface area contributed by atoms with Gasteiger partial charge in [0.05, 0.1) is 6.61 Å². The summed E-state index contributed by atoms with van der Waals surface area (Å²) in [5.41, 5.74) is 3.02. The van der Waals surface area contributed by atoms with Crippen molar-refractivity contribution in [3.05, 3.63) is 35.4 Å². The van der Waals surface area contributed by atoms with Crippen LogP contribution in [-0.2, 0) is 17.7 Å². The minimum Gasteiger partial charge on any atom is -0.379 e. The lowest BCUT2D eigenvalue weighted by molar-refractivity contribution is 0.115. The molecule has 0 radical (unpaired) electrons. The van der Waals surface area contributed by atoms with Crippen molar-refractivity contribution in [2.24, 2.45) is 10.9 Å². The molecule has 1 fully saturated rings. The monoisotopic (exact) mass is 358 g/mol. The molecule has 0 bridgehead atoms. The van der Waals surface area contributed by atoms with Crippen LogP contribution in [0.4, 0.5) is 0 Å². The zero-order valence-corrected chi connectivity index (χ0v) is 16.4. The molecule has 0 unspecified atom stereocenters. The molecule has 0 saturated heterocycles. The number of rotatable bonds is 9. The molecule has 0 amide bonds. The van der Waals surface area contributed by atoms with Gasteiger partial charge in [-0.25, -0.2) is 0 Å². The number of nitrogens with zero attached hydrogens (tertiary/aromatic N) is 3. The number of guanidine groups is 1. The third-order valence-electron chi connectivity index (χ3n) is 5.34. The van der Waals surface area contributed by atoms with E-state index in [1.165, 1.54) is 36.9 Å². The summed E-state index contributed by atoms with van der Waals surface area (Å²) in [5, 5.41) is 3.48. The Kier molecular flexibility index (Phi) is 7.32. The fourth-order valence-corrected chi connectivity index (χ4v) is 3.47. The van der Waals surface area contributed by atoms with Crippen LogP contribution in [0.2, 0.25) is 0 Å².